The molecule has 1 aliphatic heterocycles. The maximum Gasteiger partial charge on any atom is 0.224 e. The molecule has 0 atom stereocenters. The van der Waals surface area contributed by atoms with E-state index in [1.54, 1.807) is 0 Å². The molecule has 0 aliphatic carbocycles. The van der Waals surface area contributed by atoms with Crippen molar-refractivity contribution in [3.63, 3.8) is 0 Å². The van der Waals surface area contributed by atoms with Gasteiger partial charge in [-0.25, -0.2) is 0 Å². The summed E-state index contributed by atoms with van der Waals surface area (Å²) in [4.78, 5) is 14.6. The second-order valence-corrected chi connectivity index (χ2v) is 7.12. The molecule has 0 saturated heterocycles. The van der Waals surface area contributed by atoms with Gasteiger partial charge >= 0.3 is 0 Å². The van der Waals surface area contributed by atoms with Crippen LogP contribution in [-0.4, -0.2) is 21.9 Å². The second-order valence-electron chi connectivity index (χ2n) is 6.27. The Kier molecular flexibility index (Phi) is 4.15. The van der Waals surface area contributed by atoms with Crippen LogP contribution in [0.1, 0.15) is 17.5 Å². The summed E-state index contributed by atoms with van der Waals surface area (Å²) < 4.78 is 3.26. The van der Waals surface area contributed by atoms with Crippen LogP contribution in [-0.2, 0) is 24.3 Å². The maximum absolute atomic E-state index is 12.6. The molecule has 24 heavy (non-hydrogen) atoms. The summed E-state index contributed by atoms with van der Waals surface area (Å²) in [5.41, 5.74) is 3.83. The Hall–Kier alpha value is -2.07. The highest BCUT2D eigenvalue weighted by Crippen LogP contribution is 2.25. The van der Waals surface area contributed by atoms with E-state index in [-0.39, 0.29) is 5.91 Å². The number of amides is 1. The molecule has 4 heteroatoms. The minimum absolute atomic E-state index is 0.237. The molecule has 3 nitrogen and oxygen atoms in total. The predicted octanol–water partition coefficient (Wildman–Crippen LogP) is 4.38. The lowest BCUT2D eigenvalue weighted by molar-refractivity contribution is -0.132. The van der Waals surface area contributed by atoms with Crippen LogP contribution in [0.3, 0.4) is 0 Å². The zero-order chi connectivity index (χ0) is 16.5. The third kappa shape index (κ3) is 2.86. The van der Waals surface area contributed by atoms with Gasteiger partial charge in [-0.15, -0.1) is 0 Å². The number of aromatic nitrogens is 1. The number of hydrogen-bond donors (Lipinski definition) is 0. The second kappa shape index (κ2) is 6.44. The molecule has 122 valence electrons. The average Bonchev–Trinajstić information content (AvgIpc) is 3.04. The summed E-state index contributed by atoms with van der Waals surface area (Å²) in [6.07, 6.45) is 3.56. The smallest absolute Gasteiger partial charge is 0.224 e. The molecule has 0 fully saturated rings. The zero-order valence-electron chi connectivity index (χ0n) is 13.4. The number of hydrogen-bond acceptors (Lipinski definition) is 1. The van der Waals surface area contributed by atoms with E-state index in [9.17, 15) is 4.79 Å². The van der Waals surface area contributed by atoms with Gasteiger partial charge in [0.05, 0.1) is 0 Å². The van der Waals surface area contributed by atoms with Gasteiger partial charge in [-0.05, 0) is 35.7 Å². The fourth-order valence-corrected chi connectivity index (χ4v) is 3.95. The van der Waals surface area contributed by atoms with Crippen LogP contribution in [0.15, 0.2) is 59.2 Å². The lowest BCUT2D eigenvalue weighted by Gasteiger charge is -2.29. The SMILES string of the molecule is O=C(CCn1ccc2c(Br)cccc21)N1CCc2ccccc2C1. The summed E-state index contributed by atoms with van der Waals surface area (Å²) in [7, 11) is 0. The van der Waals surface area contributed by atoms with Gasteiger partial charge in [0, 0.05) is 47.6 Å². The van der Waals surface area contributed by atoms with E-state index in [1.807, 2.05) is 17.0 Å². The van der Waals surface area contributed by atoms with Crippen LogP contribution in [0.5, 0.6) is 0 Å². The highest BCUT2D eigenvalue weighted by Gasteiger charge is 2.20. The Morgan fingerprint density at radius 2 is 1.88 bits per heavy atom. The number of fused-ring (bicyclic) bond motifs is 2. The van der Waals surface area contributed by atoms with Crippen molar-refractivity contribution in [3.8, 4) is 0 Å². The van der Waals surface area contributed by atoms with Crippen molar-refractivity contribution >= 4 is 32.7 Å². The number of benzene rings is 2. The van der Waals surface area contributed by atoms with Crippen molar-refractivity contribution in [2.75, 3.05) is 6.54 Å². The number of aryl methyl sites for hydroxylation is 1. The van der Waals surface area contributed by atoms with E-state index in [4.69, 9.17) is 0 Å². The minimum Gasteiger partial charge on any atom is -0.347 e. The van der Waals surface area contributed by atoms with Crippen LogP contribution in [0.4, 0.5) is 0 Å². The van der Waals surface area contributed by atoms with Crippen molar-refractivity contribution in [3.05, 3.63) is 70.3 Å². The lowest BCUT2D eigenvalue weighted by Crippen LogP contribution is -2.36. The Labute approximate surface area is 150 Å². The van der Waals surface area contributed by atoms with Gasteiger partial charge in [-0.1, -0.05) is 46.3 Å². The zero-order valence-corrected chi connectivity index (χ0v) is 15.0. The molecule has 2 heterocycles. The molecule has 0 radical (unpaired) electrons. The van der Waals surface area contributed by atoms with Crippen molar-refractivity contribution < 1.29 is 4.79 Å². The molecule has 0 unspecified atom stereocenters. The molecule has 3 aromatic rings. The van der Waals surface area contributed by atoms with E-state index in [2.05, 4.69) is 63.1 Å². The van der Waals surface area contributed by atoms with Crippen LogP contribution in [0.2, 0.25) is 0 Å². The highest BCUT2D eigenvalue weighted by atomic mass is 79.9. The van der Waals surface area contributed by atoms with Crippen LogP contribution < -0.4 is 0 Å². The molecule has 0 bridgehead atoms. The largest absolute Gasteiger partial charge is 0.347 e. The van der Waals surface area contributed by atoms with Crippen molar-refractivity contribution in [1.82, 2.24) is 9.47 Å². The normalized spacial score (nSPS) is 14.0. The van der Waals surface area contributed by atoms with Gasteiger partial charge in [-0.3, -0.25) is 4.79 Å². The van der Waals surface area contributed by atoms with Gasteiger partial charge in [0.2, 0.25) is 5.91 Å². The summed E-state index contributed by atoms with van der Waals surface area (Å²) in [5, 5.41) is 1.19. The third-order valence-electron chi connectivity index (χ3n) is 4.81. The molecule has 1 aliphatic rings. The summed E-state index contributed by atoms with van der Waals surface area (Å²) in [6, 6.07) is 16.7. The molecule has 1 amide bonds. The number of nitrogens with zero attached hydrogens (tertiary/aromatic N) is 2. The monoisotopic (exact) mass is 382 g/mol. The fourth-order valence-electron chi connectivity index (χ4n) is 3.46. The van der Waals surface area contributed by atoms with Gasteiger partial charge < -0.3 is 9.47 Å². The van der Waals surface area contributed by atoms with Crippen molar-refractivity contribution in [2.45, 2.75) is 25.9 Å². The molecule has 1 aromatic heterocycles. The number of carbonyl (C=O) groups excluding carboxylic acids is 1. The average molecular weight is 383 g/mol. The first kappa shape index (κ1) is 15.5. The molecular weight excluding hydrogens is 364 g/mol. The van der Waals surface area contributed by atoms with E-state index >= 15 is 0 Å². The lowest BCUT2D eigenvalue weighted by atomic mass is 10.00. The van der Waals surface area contributed by atoms with Crippen LogP contribution >= 0.6 is 15.9 Å². The summed E-state index contributed by atoms with van der Waals surface area (Å²) >= 11 is 3.58. The molecule has 0 N–H and O–H groups in total. The van der Waals surface area contributed by atoms with Crippen LogP contribution in [0, 0.1) is 0 Å². The van der Waals surface area contributed by atoms with Gasteiger partial charge in [-0.2, -0.15) is 0 Å². The first-order valence-corrected chi connectivity index (χ1v) is 9.09. The van der Waals surface area contributed by atoms with E-state index in [0.717, 1.165) is 30.5 Å². The van der Waals surface area contributed by atoms with Crippen molar-refractivity contribution in [1.29, 1.82) is 0 Å². The maximum atomic E-state index is 12.6. The topological polar surface area (TPSA) is 25.2 Å². The third-order valence-corrected chi connectivity index (χ3v) is 5.50. The first-order chi connectivity index (χ1) is 11.7. The van der Waals surface area contributed by atoms with E-state index in [0.29, 0.717) is 6.42 Å². The molecule has 0 spiro atoms. The first-order valence-electron chi connectivity index (χ1n) is 8.30. The predicted molar refractivity (Wildman–Crippen MR) is 99.8 cm³/mol. The Morgan fingerprint density at radius 3 is 2.75 bits per heavy atom. The Balaban J connectivity index is 1.44. The molecule has 4 rings (SSSR count). The summed E-state index contributed by atoms with van der Waals surface area (Å²) in [6.45, 7) is 2.29. The molecule has 2 aromatic carbocycles. The molecule has 0 saturated carbocycles. The van der Waals surface area contributed by atoms with Gasteiger partial charge in [0.25, 0.3) is 0 Å². The standard InChI is InChI=1S/C20H19BrN2O/c21-18-6-3-7-19-17(18)9-12-22(19)13-10-20(24)23-11-8-15-4-1-2-5-16(15)14-23/h1-7,9,12H,8,10-11,13-14H2. The van der Waals surface area contributed by atoms with E-state index < -0.39 is 0 Å². The fraction of sp³-hybridized carbons (Fsp3) is 0.250. The van der Waals surface area contributed by atoms with E-state index in [1.165, 1.54) is 22.0 Å². The van der Waals surface area contributed by atoms with Crippen LogP contribution in [0.25, 0.3) is 10.9 Å². The summed E-state index contributed by atoms with van der Waals surface area (Å²) in [5.74, 6) is 0.237. The minimum atomic E-state index is 0.237. The van der Waals surface area contributed by atoms with Gasteiger partial charge in [0.15, 0.2) is 0 Å². The Bertz CT molecular complexity index is 900. The molecular formula is C20H19BrN2O. The number of carbonyl (C=O) groups is 1. The Morgan fingerprint density at radius 1 is 1.04 bits per heavy atom. The number of rotatable bonds is 3. The van der Waals surface area contributed by atoms with Crippen molar-refractivity contribution in [2.24, 2.45) is 0 Å². The van der Waals surface area contributed by atoms with Gasteiger partial charge in [0.1, 0.15) is 0 Å². The number of halogens is 1. The quantitative estimate of drug-likeness (QED) is 0.659. The highest BCUT2D eigenvalue weighted by molar-refractivity contribution is 9.10.